The summed E-state index contributed by atoms with van der Waals surface area (Å²) in [4.78, 5) is 12.2. The van der Waals surface area contributed by atoms with E-state index >= 15 is 0 Å². The van der Waals surface area contributed by atoms with Gasteiger partial charge in [-0.2, -0.15) is 0 Å². The summed E-state index contributed by atoms with van der Waals surface area (Å²) in [6.45, 7) is 1.86. The first-order valence-corrected chi connectivity index (χ1v) is 8.52. The van der Waals surface area contributed by atoms with Crippen molar-refractivity contribution >= 4 is 27.5 Å². The Balaban J connectivity index is 2.15. The molecule has 0 aliphatic heterocycles. The van der Waals surface area contributed by atoms with Crippen LogP contribution in [-0.4, -0.2) is 33.3 Å². The van der Waals surface area contributed by atoms with Crippen LogP contribution in [0.3, 0.4) is 0 Å². The first-order chi connectivity index (χ1) is 9.97. The van der Waals surface area contributed by atoms with Crippen molar-refractivity contribution in [3.05, 3.63) is 42.0 Å². The van der Waals surface area contributed by atoms with Crippen molar-refractivity contribution in [3.8, 4) is 5.75 Å². The number of fused-ring (bicyclic) bond motifs is 1. The van der Waals surface area contributed by atoms with Gasteiger partial charge >= 0.3 is 0 Å². The third kappa shape index (κ3) is 4.04. The van der Waals surface area contributed by atoms with E-state index in [-0.39, 0.29) is 23.3 Å². The molecule has 2 N–H and O–H groups in total. The molecule has 21 heavy (non-hydrogen) atoms. The fourth-order valence-corrected chi connectivity index (χ4v) is 2.81. The molecule has 2 unspecified atom stereocenters. The number of phenolic OH excluding ortho intramolecular Hbond substituents is 1. The first kappa shape index (κ1) is 15.5. The minimum atomic E-state index is -0.869. The zero-order valence-corrected chi connectivity index (χ0v) is 12.9. The van der Waals surface area contributed by atoms with Gasteiger partial charge in [0.1, 0.15) is 5.75 Å². The number of hydrogen-bond donors (Lipinski definition) is 2. The van der Waals surface area contributed by atoms with Crippen LogP contribution in [0.25, 0.3) is 10.8 Å². The Kier molecular flexibility index (Phi) is 4.96. The Morgan fingerprint density at radius 2 is 1.90 bits per heavy atom. The third-order valence-electron chi connectivity index (χ3n) is 3.32. The lowest BCUT2D eigenvalue weighted by atomic mass is 10.0. The van der Waals surface area contributed by atoms with E-state index < -0.39 is 10.8 Å². The van der Waals surface area contributed by atoms with Crippen LogP contribution in [0.15, 0.2) is 36.4 Å². The Bertz CT molecular complexity index is 684. The van der Waals surface area contributed by atoms with Gasteiger partial charge in [-0.15, -0.1) is 0 Å². The fraction of sp³-hybridized carbons (Fsp3) is 0.312. The molecular formula is C16H19NO3S. The molecule has 112 valence electrons. The molecule has 4 nitrogen and oxygen atoms in total. The molecule has 0 fully saturated rings. The molecule has 1 amide bonds. The summed E-state index contributed by atoms with van der Waals surface area (Å²) in [7, 11) is -0.869. The molecule has 0 heterocycles. The van der Waals surface area contributed by atoms with Crippen LogP contribution in [0.4, 0.5) is 0 Å². The maximum Gasteiger partial charge on any atom is 0.255 e. The summed E-state index contributed by atoms with van der Waals surface area (Å²) >= 11 is 0. The monoisotopic (exact) mass is 305 g/mol. The Morgan fingerprint density at radius 3 is 2.52 bits per heavy atom. The van der Waals surface area contributed by atoms with E-state index in [0.29, 0.717) is 12.2 Å². The van der Waals surface area contributed by atoms with Crippen molar-refractivity contribution in [2.45, 2.75) is 19.4 Å². The van der Waals surface area contributed by atoms with Gasteiger partial charge in [-0.1, -0.05) is 24.3 Å². The summed E-state index contributed by atoms with van der Waals surface area (Å²) < 4.78 is 11.1. The van der Waals surface area contributed by atoms with Crippen LogP contribution < -0.4 is 5.32 Å². The molecule has 2 aromatic rings. The quantitative estimate of drug-likeness (QED) is 0.891. The van der Waals surface area contributed by atoms with Crippen LogP contribution in [0.5, 0.6) is 5.75 Å². The lowest BCUT2D eigenvalue weighted by Gasteiger charge is -2.14. The Morgan fingerprint density at radius 1 is 1.29 bits per heavy atom. The molecule has 0 radical (unpaired) electrons. The Labute approximate surface area is 126 Å². The van der Waals surface area contributed by atoms with E-state index in [2.05, 4.69) is 5.32 Å². The van der Waals surface area contributed by atoms with E-state index in [1.165, 1.54) is 0 Å². The lowest BCUT2D eigenvalue weighted by molar-refractivity contribution is 0.0937. The molecule has 0 aliphatic rings. The molecule has 0 spiro atoms. The van der Waals surface area contributed by atoms with Crippen molar-refractivity contribution in [1.82, 2.24) is 5.32 Å². The minimum absolute atomic E-state index is 0.0301. The number of nitrogens with one attached hydrogen (secondary N) is 1. The zero-order chi connectivity index (χ0) is 15.4. The summed E-state index contributed by atoms with van der Waals surface area (Å²) in [5, 5.41) is 14.6. The second-order valence-corrected chi connectivity index (χ2v) is 6.71. The van der Waals surface area contributed by atoms with Gasteiger partial charge in [0.05, 0.1) is 5.56 Å². The molecule has 2 aromatic carbocycles. The largest absolute Gasteiger partial charge is 0.507 e. The van der Waals surface area contributed by atoms with E-state index in [4.69, 9.17) is 0 Å². The molecule has 0 bridgehead atoms. The van der Waals surface area contributed by atoms with Gasteiger partial charge in [0.15, 0.2) is 0 Å². The van der Waals surface area contributed by atoms with Crippen molar-refractivity contribution in [3.63, 3.8) is 0 Å². The maximum atomic E-state index is 12.2. The lowest BCUT2D eigenvalue weighted by Crippen LogP contribution is -2.33. The number of amides is 1. The van der Waals surface area contributed by atoms with Crippen LogP contribution in [-0.2, 0) is 10.8 Å². The van der Waals surface area contributed by atoms with Gasteiger partial charge in [0.2, 0.25) is 0 Å². The number of benzene rings is 2. The van der Waals surface area contributed by atoms with Crippen molar-refractivity contribution in [1.29, 1.82) is 0 Å². The molecule has 0 aliphatic carbocycles. The average Bonchev–Trinajstić information content (AvgIpc) is 2.44. The van der Waals surface area contributed by atoms with Crippen molar-refractivity contribution in [2.75, 3.05) is 12.0 Å². The number of aromatic hydroxyl groups is 1. The molecule has 5 heteroatoms. The van der Waals surface area contributed by atoms with Crippen LogP contribution >= 0.6 is 0 Å². The maximum absolute atomic E-state index is 12.2. The second-order valence-electron chi connectivity index (χ2n) is 5.16. The van der Waals surface area contributed by atoms with Crippen LogP contribution in [0.2, 0.25) is 0 Å². The highest BCUT2D eigenvalue weighted by atomic mass is 32.2. The normalized spacial score (nSPS) is 13.8. The van der Waals surface area contributed by atoms with Gasteiger partial charge in [-0.25, -0.2) is 0 Å². The fourth-order valence-electron chi connectivity index (χ4n) is 2.13. The minimum Gasteiger partial charge on any atom is -0.507 e. The highest BCUT2D eigenvalue weighted by molar-refractivity contribution is 7.84. The van der Waals surface area contributed by atoms with Gasteiger partial charge in [-0.3, -0.25) is 9.00 Å². The standard InChI is InChI=1S/C16H19NO3S/c1-11(7-8-21(2)20)17-16(19)14-9-12-5-3-4-6-13(12)10-15(14)18/h3-6,9-11,18H,7-8H2,1-2H3,(H,17,19). The SMILES string of the molecule is CC(CCS(C)=O)NC(=O)c1cc2ccccc2cc1O. The topological polar surface area (TPSA) is 66.4 Å². The van der Waals surface area contributed by atoms with E-state index in [0.717, 1.165) is 10.8 Å². The second kappa shape index (κ2) is 6.72. The predicted octanol–water partition coefficient (Wildman–Crippen LogP) is 2.43. The summed E-state index contributed by atoms with van der Waals surface area (Å²) in [5.41, 5.74) is 0.262. The molecule has 2 rings (SSSR count). The van der Waals surface area contributed by atoms with Crippen LogP contribution in [0.1, 0.15) is 23.7 Å². The molecule has 0 aromatic heterocycles. The molecular weight excluding hydrogens is 286 g/mol. The molecule has 2 atom stereocenters. The smallest absolute Gasteiger partial charge is 0.255 e. The van der Waals surface area contributed by atoms with E-state index in [9.17, 15) is 14.1 Å². The highest BCUT2D eigenvalue weighted by Crippen LogP contribution is 2.24. The van der Waals surface area contributed by atoms with Gasteiger partial charge in [0.25, 0.3) is 5.91 Å². The van der Waals surface area contributed by atoms with Crippen LogP contribution in [0, 0.1) is 0 Å². The highest BCUT2D eigenvalue weighted by Gasteiger charge is 2.14. The van der Waals surface area contributed by atoms with Crippen molar-refractivity contribution < 1.29 is 14.1 Å². The summed E-state index contributed by atoms with van der Waals surface area (Å²) in [6, 6.07) is 10.7. The first-order valence-electron chi connectivity index (χ1n) is 6.80. The number of carbonyl (C=O) groups excluding carboxylic acids is 1. The van der Waals surface area contributed by atoms with Gasteiger partial charge < -0.3 is 10.4 Å². The summed E-state index contributed by atoms with van der Waals surface area (Å²) in [6.07, 6.45) is 2.28. The van der Waals surface area contributed by atoms with Crippen molar-refractivity contribution in [2.24, 2.45) is 0 Å². The summed E-state index contributed by atoms with van der Waals surface area (Å²) in [5.74, 6) is 0.204. The number of hydrogen-bond acceptors (Lipinski definition) is 3. The van der Waals surface area contributed by atoms with E-state index in [1.807, 2.05) is 31.2 Å². The van der Waals surface area contributed by atoms with E-state index in [1.54, 1.807) is 18.4 Å². The molecule has 0 saturated carbocycles. The number of phenols is 1. The molecule has 0 saturated heterocycles. The zero-order valence-electron chi connectivity index (χ0n) is 12.1. The van der Waals surface area contributed by atoms with Gasteiger partial charge in [0, 0.05) is 28.9 Å². The number of rotatable bonds is 5. The third-order valence-corrected chi connectivity index (χ3v) is 4.14. The Hall–Kier alpha value is -1.88. The average molecular weight is 305 g/mol. The predicted molar refractivity (Wildman–Crippen MR) is 86.1 cm³/mol. The number of carbonyl (C=O) groups is 1. The van der Waals surface area contributed by atoms with Gasteiger partial charge in [-0.05, 0) is 36.2 Å².